The third-order valence-corrected chi connectivity index (χ3v) is 9.22. The molecule has 16 heteroatoms. The number of imide groups is 1. The van der Waals surface area contributed by atoms with Crippen LogP contribution in [0.2, 0.25) is 0 Å². The number of carbonyl (C=O) groups excluding carboxylic acids is 6. The largest absolute Gasteiger partial charge is 0.358 e. The van der Waals surface area contributed by atoms with Crippen molar-refractivity contribution in [3.8, 4) is 0 Å². The first-order valence-corrected chi connectivity index (χ1v) is 18.2. The van der Waals surface area contributed by atoms with E-state index in [9.17, 15) is 33.2 Å². The summed E-state index contributed by atoms with van der Waals surface area (Å²) in [5.41, 5.74) is 7.98. The molecule has 2 heterocycles. The number of hydrogen-bond donors (Lipinski definition) is 6. The van der Waals surface area contributed by atoms with Crippen molar-refractivity contribution in [2.24, 2.45) is 5.73 Å². The maximum absolute atomic E-state index is 14.4. The molecular weight excluding hydrogens is 666 g/mol. The molecular formula is C34H48FN8O6P. The number of hydrogen-bond acceptors (Lipinski definition) is 8. The third-order valence-electron chi connectivity index (χ3n) is 8.38. The van der Waals surface area contributed by atoms with Gasteiger partial charge in [0.05, 0.1) is 22.9 Å². The molecule has 1 aromatic carbocycles. The van der Waals surface area contributed by atoms with E-state index in [0.29, 0.717) is 42.0 Å². The lowest BCUT2D eigenvalue weighted by atomic mass is 10.0. The van der Waals surface area contributed by atoms with Gasteiger partial charge in [-0.05, 0) is 76.4 Å². The molecule has 2 aromatic rings. The summed E-state index contributed by atoms with van der Waals surface area (Å²) in [6.45, 7) is 12.5. The van der Waals surface area contributed by atoms with Crippen LogP contribution >= 0.6 is 8.58 Å². The van der Waals surface area contributed by atoms with Crippen molar-refractivity contribution < 1.29 is 33.2 Å². The molecule has 0 aliphatic carbocycles. The number of nitrogens with two attached hydrogens (primary N) is 1. The van der Waals surface area contributed by atoms with Crippen LogP contribution in [0.15, 0.2) is 18.2 Å². The summed E-state index contributed by atoms with van der Waals surface area (Å²) in [6.07, 6.45) is 1.56. The second kappa shape index (κ2) is 19.1. The molecule has 2 atom stereocenters. The molecule has 3 rings (SSSR count). The summed E-state index contributed by atoms with van der Waals surface area (Å²) in [4.78, 5) is 82.6. The summed E-state index contributed by atoms with van der Waals surface area (Å²) < 4.78 is 14.4. The van der Waals surface area contributed by atoms with Gasteiger partial charge in [0.25, 0.3) is 11.8 Å². The molecule has 0 saturated carbocycles. The van der Waals surface area contributed by atoms with Crippen LogP contribution < -0.4 is 31.9 Å². The number of aromatic nitrogens is 1. The van der Waals surface area contributed by atoms with Crippen LogP contribution in [0.3, 0.4) is 0 Å². The smallest absolute Gasteiger partial charge is 0.329 e. The molecule has 50 heavy (non-hydrogen) atoms. The van der Waals surface area contributed by atoms with Gasteiger partial charge < -0.3 is 36.9 Å². The van der Waals surface area contributed by atoms with Crippen molar-refractivity contribution in [2.45, 2.75) is 53.0 Å². The number of aromatic amines is 1. The Labute approximate surface area is 293 Å². The van der Waals surface area contributed by atoms with Crippen molar-refractivity contribution in [1.82, 2.24) is 31.2 Å². The fourth-order valence-electron chi connectivity index (χ4n) is 5.61. The Kier molecular flexibility index (Phi) is 15.2. The van der Waals surface area contributed by atoms with Crippen LogP contribution in [0.4, 0.5) is 14.9 Å². The lowest BCUT2D eigenvalue weighted by Crippen LogP contribution is -2.44. The third kappa shape index (κ3) is 10.3. The van der Waals surface area contributed by atoms with Crippen LogP contribution in [0.5, 0.6) is 0 Å². The van der Waals surface area contributed by atoms with Crippen LogP contribution in [-0.2, 0) is 19.2 Å². The van der Waals surface area contributed by atoms with Crippen molar-refractivity contribution in [3.63, 3.8) is 0 Å². The van der Waals surface area contributed by atoms with Crippen molar-refractivity contribution in [1.29, 1.82) is 0 Å². The van der Waals surface area contributed by atoms with Crippen molar-refractivity contribution >= 4 is 61.1 Å². The van der Waals surface area contributed by atoms with Gasteiger partial charge in [-0.2, -0.15) is 0 Å². The number of H-pyrrole nitrogens is 1. The number of fused-ring (bicyclic) bond motifs is 1. The Morgan fingerprint density at radius 1 is 1.02 bits per heavy atom. The van der Waals surface area contributed by atoms with E-state index in [-0.39, 0.29) is 69.3 Å². The van der Waals surface area contributed by atoms with Gasteiger partial charge in [-0.1, -0.05) is 22.4 Å². The quantitative estimate of drug-likeness (QED) is 0.0766. The van der Waals surface area contributed by atoms with Crippen molar-refractivity contribution in [2.75, 3.05) is 57.4 Å². The van der Waals surface area contributed by atoms with Crippen LogP contribution in [0, 0.1) is 19.7 Å². The van der Waals surface area contributed by atoms with Gasteiger partial charge in [0.15, 0.2) is 5.52 Å². The number of amides is 6. The van der Waals surface area contributed by atoms with E-state index < -0.39 is 35.6 Å². The zero-order valence-electron chi connectivity index (χ0n) is 29.3. The Hall–Kier alpha value is -4.46. The molecule has 0 spiro atoms. The van der Waals surface area contributed by atoms with E-state index in [1.807, 2.05) is 0 Å². The fourth-order valence-corrected chi connectivity index (χ4v) is 6.17. The molecule has 272 valence electrons. The van der Waals surface area contributed by atoms with Gasteiger partial charge in [0.2, 0.25) is 11.8 Å². The summed E-state index contributed by atoms with van der Waals surface area (Å²) >= 11 is 0. The highest BCUT2D eigenvalue weighted by atomic mass is 31.1. The van der Waals surface area contributed by atoms with Crippen LogP contribution in [-0.4, -0.2) is 104 Å². The highest BCUT2D eigenvalue weighted by Gasteiger charge is 2.37. The number of urea groups is 1. The van der Waals surface area contributed by atoms with Gasteiger partial charge in [-0.25, -0.2) is 14.1 Å². The monoisotopic (exact) mass is 714 g/mol. The number of benzene rings is 1. The molecule has 1 aliphatic rings. The Morgan fingerprint density at radius 2 is 1.70 bits per heavy atom. The van der Waals surface area contributed by atoms with E-state index in [2.05, 4.69) is 45.0 Å². The Morgan fingerprint density at radius 3 is 2.36 bits per heavy atom. The normalized spacial score (nSPS) is 14.0. The average molecular weight is 715 g/mol. The van der Waals surface area contributed by atoms with Gasteiger partial charge in [0, 0.05) is 56.0 Å². The molecule has 0 fully saturated rings. The molecule has 1 unspecified atom stereocenters. The zero-order chi connectivity index (χ0) is 37.0. The van der Waals surface area contributed by atoms with Crippen LogP contribution in [0.1, 0.15) is 66.0 Å². The second-order valence-electron chi connectivity index (χ2n) is 11.7. The lowest BCUT2D eigenvalue weighted by Gasteiger charge is -2.18. The van der Waals surface area contributed by atoms with E-state index >= 15 is 0 Å². The summed E-state index contributed by atoms with van der Waals surface area (Å²) in [5, 5.41) is 10.7. The first-order chi connectivity index (χ1) is 23.9. The topological polar surface area (TPSA) is 199 Å². The molecule has 14 nitrogen and oxygen atoms in total. The second-order valence-corrected chi connectivity index (χ2v) is 12.7. The summed E-state index contributed by atoms with van der Waals surface area (Å²) in [7, 11) is 0.0119. The number of halogens is 1. The number of rotatable bonds is 18. The SMILES string of the molecule is CCN(CC)CCNC(=O)c1c(C)[nH]c(/C=C2\C(=O)N(C(=O)NCCNC(=O)CCC(=O)N[C@@H](CCN)C(=O)PC)c3ccc(F)cc32)c1C. The minimum Gasteiger partial charge on any atom is -0.358 e. The Balaban J connectivity index is 1.63. The summed E-state index contributed by atoms with van der Waals surface area (Å²) in [5.74, 6) is -2.43. The maximum Gasteiger partial charge on any atom is 0.329 e. The molecule has 0 radical (unpaired) electrons. The van der Waals surface area contributed by atoms with Gasteiger partial charge >= 0.3 is 6.03 Å². The number of nitrogens with zero attached hydrogens (tertiary/aromatic N) is 2. The highest BCUT2D eigenvalue weighted by molar-refractivity contribution is 7.57. The maximum atomic E-state index is 14.4. The van der Waals surface area contributed by atoms with Gasteiger partial charge in [0.1, 0.15) is 5.82 Å². The average Bonchev–Trinajstić information content (AvgIpc) is 3.53. The molecule has 0 bridgehead atoms. The van der Waals surface area contributed by atoms with E-state index in [4.69, 9.17) is 5.73 Å². The number of anilines is 1. The fraction of sp³-hybridized carbons (Fsp3) is 0.471. The first-order valence-electron chi connectivity index (χ1n) is 16.7. The first kappa shape index (κ1) is 40.0. The van der Waals surface area contributed by atoms with E-state index in [0.717, 1.165) is 24.1 Å². The molecule has 6 amide bonds. The Bertz CT molecular complexity index is 1620. The highest BCUT2D eigenvalue weighted by Crippen LogP contribution is 2.39. The standard InChI is InChI=1S/C34H48FN8O6P/c1-6-42(7-2)17-16-38-31(46)30-20(3)26(40-21(30)4)19-24-23-18-22(35)8-9-27(23)43(32(24)47)34(49)39-15-14-37-28(44)10-11-29(45)41-25(12-13-36)33(48)50-5/h8-9,18-19,25,40,50H,6-7,10-17,36H2,1-5H3,(H,37,44)(H,38,46)(H,39,49)(H,41,45)/b24-19-/t25-/m0/s1. The zero-order valence-corrected chi connectivity index (χ0v) is 30.3. The van der Waals surface area contributed by atoms with Gasteiger partial charge in [-0.3, -0.25) is 24.0 Å². The van der Waals surface area contributed by atoms with E-state index in [1.54, 1.807) is 20.5 Å². The van der Waals surface area contributed by atoms with E-state index in [1.165, 1.54) is 18.2 Å². The predicted molar refractivity (Wildman–Crippen MR) is 193 cm³/mol. The molecule has 1 aliphatic heterocycles. The minimum absolute atomic E-state index is 0.0119. The number of aryl methyl sites for hydroxylation is 1. The minimum atomic E-state index is -0.778. The summed E-state index contributed by atoms with van der Waals surface area (Å²) in [6, 6.07) is 2.20. The molecule has 1 aromatic heterocycles. The number of nitrogens with one attached hydrogen (secondary N) is 5. The van der Waals surface area contributed by atoms with Gasteiger partial charge in [-0.15, -0.1) is 0 Å². The molecule has 0 saturated heterocycles. The van der Waals surface area contributed by atoms with Crippen molar-refractivity contribution in [3.05, 3.63) is 52.1 Å². The number of carbonyl (C=O) groups is 6. The van der Waals surface area contributed by atoms with Crippen LogP contribution in [0.25, 0.3) is 11.6 Å². The lowest BCUT2D eigenvalue weighted by molar-refractivity contribution is -0.127. The number of likely N-dealkylation sites (N-methyl/N-ethyl adjacent to an activating group) is 1. The predicted octanol–water partition coefficient (Wildman–Crippen LogP) is 2.00. The molecule has 7 N–H and O–H groups in total.